The normalized spacial score (nSPS) is 12.6. The van der Waals surface area contributed by atoms with E-state index in [2.05, 4.69) is 76.1 Å². The molecule has 1 atom stereocenters. The zero-order chi connectivity index (χ0) is 14.5. The van der Waals surface area contributed by atoms with E-state index >= 15 is 0 Å². The van der Waals surface area contributed by atoms with E-state index in [4.69, 9.17) is 0 Å². The average Bonchev–Trinajstić information content (AvgIpc) is 2.91. The number of nitrogens with one attached hydrogen (secondary N) is 1. The smallest absolute Gasteiger partial charge is 0.0759 e. The van der Waals surface area contributed by atoms with Gasteiger partial charge in [0.05, 0.1) is 11.7 Å². The van der Waals surface area contributed by atoms with E-state index in [1.807, 2.05) is 6.20 Å². The lowest BCUT2D eigenvalue weighted by Gasteiger charge is -2.22. The Morgan fingerprint density at radius 3 is 2.80 bits per heavy atom. The second-order valence-electron chi connectivity index (χ2n) is 4.98. The van der Waals surface area contributed by atoms with Crippen molar-refractivity contribution in [3.8, 4) is 0 Å². The number of aryl methyl sites for hydroxylation is 2. The van der Waals surface area contributed by atoms with Gasteiger partial charge in [-0.2, -0.15) is 5.10 Å². The Morgan fingerprint density at radius 1 is 1.30 bits per heavy atom. The number of nitrogens with zero attached hydrogens (tertiary/aromatic N) is 2. The first-order valence-corrected chi connectivity index (χ1v) is 7.97. The maximum absolute atomic E-state index is 4.40. The van der Waals surface area contributed by atoms with E-state index in [-0.39, 0.29) is 6.04 Å². The highest BCUT2D eigenvalue weighted by atomic mass is 79.9. The van der Waals surface area contributed by atoms with Crippen molar-refractivity contribution in [3.63, 3.8) is 0 Å². The van der Waals surface area contributed by atoms with Crippen LogP contribution in [0.3, 0.4) is 0 Å². The summed E-state index contributed by atoms with van der Waals surface area (Å²) in [6, 6.07) is 8.77. The first-order chi connectivity index (χ1) is 9.67. The summed E-state index contributed by atoms with van der Waals surface area (Å²) in [7, 11) is 0. The SMILES string of the molecule is CCCNC(c1cc(C)ccc1Br)c1ccnn1CC. The van der Waals surface area contributed by atoms with Crippen LogP contribution in [0.1, 0.15) is 43.1 Å². The second-order valence-corrected chi connectivity index (χ2v) is 5.84. The third-order valence-corrected chi connectivity index (χ3v) is 4.13. The van der Waals surface area contributed by atoms with E-state index in [0.29, 0.717) is 0 Å². The van der Waals surface area contributed by atoms with Crippen LogP contribution in [-0.2, 0) is 6.54 Å². The summed E-state index contributed by atoms with van der Waals surface area (Å²) >= 11 is 3.69. The molecule has 20 heavy (non-hydrogen) atoms. The van der Waals surface area contributed by atoms with Crippen LogP contribution in [0, 0.1) is 6.92 Å². The van der Waals surface area contributed by atoms with Crippen LogP contribution in [0.15, 0.2) is 34.9 Å². The average molecular weight is 336 g/mol. The second kappa shape index (κ2) is 7.04. The van der Waals surface area contributed by atoms with Gasteiger partial charge in [-0.1, -0.05) is 40.5 Å². The fraction of sp³-hybridized carbons (Fsp3) is 0.438. The third-order valence-electron chi connectivity index (χ3n) is 3.41. The standard InChI is InChI=1S/C16H22BrN3/c1-4-9-18-16(15-8-10-19-20(15)5-2)13-11-12(3)6-7-14(13)17/h6-8,10-11,16,18H,4-5,9H2,1-3H3. The first-order valence-electron chi connectivity index (χ1n) is 7.18. The predicted molar refractivity (Wildman–Crippen MR) is 86.9 cm³/mol. The van der Waals surface area contributed by atoms with Crippen LogP contribution in [0.25, 0.3) is 0 Å². The molecule has 0 radical (unpaired) electrons. The summed E-state index contributed by atoms with van der Waals surface area (Å²) < 4.78 is 3.20. The van der Waals surface area contributed by atoms with Crippen molar-refractivity contribution < 1.29 is 0 Å². The zero-order valence-corrected chi connectivity index (χ0v) is 13.9. The number of rotatable bonds is 6. The fourth-order valence-corrected chi connectivity index (χ4v) is 2.87. The van der Waals surface area contributed by atoms with Gasteiger partial charge in [-0.25, -0.2) is 0 Å². The summed E-state index contributed by atoms with van der Waals surface area (Å²) in [6.45, 7) is 8.31. The van der Waals surface area contributed by atoms with Gasteiger partial charge in [0, 0.05) is 17.2 Å². The van der Waals surface area contributed by atoms with Gasteiger partial charge in [0.2, 0.25) is 0 Å². The first kappa shape index (κ1) is 15.3. The van der Waals surface area contributed by atoms with Crippen molar-refractivity contribution in [3.05, 3.63) is 51.8 Å². The quantitative estimate of drug-likeness (QED) is 0.862. The molecule has 2 aromatic rings. The summed E-state index contributed by atoms with van der Waals surface area (Å²) in [5, 5.41) is 8.04. The molecule has 0 aliphatic heterocycles. The predicted octanol–water partition coefficient (Wildman–Crippen LogP) is 4.06. The maximum Gasteiger partial charge on any atom is 0.0759 e. The molecule has 0 bridgehead atoms. The van der Waals surface area contributed by atoms with Gasteiger partial charge in [-0.15, -0.1) is 0 Å². The minimum absolute atomic E-state index is 0.173. The molecule has 1 aromatic carbocycles. The van der Waals surface area contributed by atoms with E-state index in [1.54, 1.807) is 0 Å². The highest BCUT2D eigenvalue weighted by Gasteiger charge is 2.19. The van der Waals surface area contributed by atoms with Crippen LogP contribution in [0.5, 0.6) is 0 Å². The molecule has 1 N–H and O–H groups in total. The molecule has 1 aromatic heterocycles. The molecule has 108 valence electrons. The monoisotopic (exact) mass is 335 g/mol. The van der Waals surface area contributed by atoms with Crippen LogP contribution < -0.4 is 5.32 Å². The van der Waals surface area contributed by atoms with Crippen LogP contribution in [-0.4, -0.2) is 16.3 Å². The Morgan fingerprint density at radius 2 is 2.10 bits per heavy atom. The molecule has 3 nitrogen and oxygen atoms in total. The Labute approximate surface area is 129 Å². The highest BCUT2D eigenvalue weighted by molar-refractivity contribution is 9.10. The molecule has 0 aliphatic rings. The molecular formula is C16H22BrN3. The molecule has 0 spiro atoms. The summed E-state index contributed by atoms with van der Waals surface area (Å²) in [6.07, 6.45) is 2.99. The van der Waals surface area contributed by atoms with Gasteiger partial charge in [0.1, 0.15) is 0 Å². The molecule has 4 heteroatoms. The largest absolute Gasteiger partial charge is 0.305 e. The van der Waals surface area contributed by atoms with Crippen molar-refractivity contribution in [2.75, 3.05) is 6.54 Å². The molecule has 0 fully saturated rings. The van der Waals surface area contributed by atoms with Crippen LogP contribution in [0.2, 0.25) is 0 Å². The van der Waals surface area contributed by atoms with Gasteiger partial charge in [-0.3, -0.25) is 4.68 Å². The Balaban J connectivity index is 2.44. The Hall–Kier alpha value is -1.13. The topological polar surface area (TPSA) is 29.9 Å². The summed E-state index contributed by atoms with van der Waals surface area (Å²) in [5.41, 5.74) is 3.76. The van der Waals surface area contributed by atoms with Crippen molar-refractivity contribution in [1.29, 1.82) is 0 Å². The molecule has 0 saturated heterocycles. The molecule has 1 unspecified atom stereocenters. The maximum atomic E-state index is 4.40. The Kier molecular flexibility index (Phi) is 5.38. The molecular weight excluding hydrogens is 314 g/mol. The van der Waals surface area contributed by atoms with E-state index in [9.17, 15) is 0 Å². The highest BCUT2D eigenvalue weighted by Crippen LogP contribution is 2.29. The molecule has 0 aliphatic carbocycles. The molecule has 0 amide bonds. The number of halogens is 1. The minimum Gasteiger partial charge on any atom is -0.305 e. The van der Waals surface area contributed by atoms with E-state index in [0.717, 1.165) is 24.0 Å². The molecule has 2 rings (SSSR count). The van der Waals surface area contributed by atoms with Gasteiger partial charge in [0.15, 0.2) is 0 Å². The summed E-state index contributed by atoms with van der Waals surface area (Å²) in [5.74, 6) is 0. The number of hydrogen-bond acceptors (Lipinski definition) is 2. The van der Waals surface area contributed by atoms with Gasteiger partial charge in [-0.05, 0) is 44.5 Å². The zero-order valence-electron chi connectivity index (χ0n) is 12.4. The lowest BCUT2D eigenvalue weighted by Crippen LogP contribution is -2.26. The molecule has 0 saturated carbocycles. The van der Waals surface area contributed by atoms with Crippen molar-refractivity contribution in [2.45, 2.75) is 39.8 Å². The number of aromatic nitrogens is 2. The van der Waals surface area contributed by atoms with Gasteiger partial charge >= 0.3 is 0 Å². The van der Waals surface area contributed by atoms with Gasteiger partial charge < -0.3 is 5.32 Å². The lowest BCUT2D eigenvalue weighted by molar-refractivity contribution is 0.528. The lowest BCUT2D eigenvalue weighted by atomic mass is 10.0. The third kappa shape index (κ3) is 3.30. The van der Waals surface area contributed by atoms with Crippen LogP contribution in [0.4, 0.5) is 0 Å². The van der Waals surface area contributed by atoms with Crippen molar-refractivity contribution >= 4 is 15.9 Å². The van der Waals surface area contributed by atoms with E-state index < -0.39 is 0 Å². The van der Waals surface area contributed by atoms with Crippen LogP contribution >= 0.6 is 15.9 Å². The van der Waals surface area contributed by atoms with E-state index in [1.165, 1.54) is 16.8 Å². The minimum atomic E-state index is 0.173. The Bertz CT molecular complexity index is 563. The van der Waals surface area contributed by atoms with Gasteiger partial charge in [0.25, 0.3) is 0 Å². The molecule has 1 heterocycles. The fourth-order valence-electron chi connectivity index (χ4n) is 2.40. The van der Waals surface area contributed by atoms with Crippen molar-refractivity contribution in [1.82, 2.24) is 15.1 Å². The number of benzene rings is 1. The summed E-state index contributed by atoms with van der Waals surface area (Å²) in [4.78, 5) is 0. The number of hydrogen-bond donors (Lipinski definition) is 1. The van der Waals surface area contributed by atoms with Crippen molar-refractivity contribution in [2.24, 2.45) is 0 Å².